The number of hydrogen-bond acceptors (Lipinski definition) is 2. The molecule has 0 amide bonds. The molecule has 3 aromatic heterocycles. The van der Waals surface area contributed by atoms with Crippen LogP contribution in [0.5, 0.6) is 0 Å². The van der Waals surface area contributed by atoms with Crippen LogP contribution in [0.3, 0.4) is 0 Å². The maximum atomic E-state index is 5.29. The van der Waals surface area contributed by atoms with Gasteiger partial charge in [0.15, 0.2) is 0 Å². The summed E-state index contributed by atoms with van der Waals surface area (Å²) in [6.45, 7) is 0. The molecule has 0 aliphatic carbocycles. The van der Waals surface area contributed by atoms with Crippen LogP contribution in [0, 0.1) is 0 Å². The van der Waals surface area contributed by atoms with Gasteiger partial charge >= 0.3 is 0 Å². The zero-order valence-electron chi connectivity index (χ0n) is 8.42. The second kappa shape index (κ2) is 2.64. The quantitative estimate of drug-likeness (QED) is 0.444. The van der Waals surface area contributed by atoms with Gasteiger partial charge in [-0.15, -0.1) is 0 Å². The van der Waals surface area contributed by atoms with Crippen LogP contribution in [0.2, 0.25) is 0 Å². The Morgan fingerprint density at radius 2 is 1.75 bits per heavy atom. The Bertz CT molecular complexity index is 741. The highest BCUT2D eigenvalue weighted by atomic mass is 16.3. The summed E-state index contributed by atoms with van der Waals surface area (Å²) >= 11 is 0. The molecule has 16 heavy (non-hydrogen) atoms. The van der Waals surface area contributed by atoms with E-state index in [1.807, 2.05) is 28.9 Å². The third kappa shape index (κ3) is 0.810. The first-order valence-electron chi connectivity index (χ1n) is 5.15. The van der Waals surface area contributed by atoms with Crippen LogP contribution in [-0.2, 0) is 0 Å². The van der Waals surface area contributed by atoms with Crippen LogP contribution in [-0.4, -0.2) is 9.61 Å². The van der Waals surface area contributed by atoms with Crippen LogP contribution in [0.1, 0.15) is 0 Å². The molecule has 76 valence electrons. The van der Waals surface area contributed by atoms with Crippen LogP contribution < -0.4 is 0 Å². The van der Waals surface area contributed by atoms with Gasteiger partial charge in [0.2, 0.25) is 0 Å². The van der Waals surface area contributed by atoms with Crippen molar-refractivity contribution in [3.05, 3.63) is 49.1 Å². The highest BCUT2D eigenvalue weighted by Gasteiger charge is 2.09. The molecule has 3 heteroatoms. The summed E-state index contributed by atoms with van der Waals surface area (Å²) < 4.78 is 7.21. The average Bonchev–Trinajstić information content (AvgIpc) is 2.98. The van der Waals surface area contributed by atoms with Crippen molar-refractivity contribution in [1.82, 2.24) is 9.61 Å². The smallest absolute Gasteiger partial charge is 0.117 e. The largest absolute Gasteiger partial charge is 0.470 e. The molecule has 0 unspecified atom stereocenters. The van der Waals surface area contributed by atoms with Crippen LogP contribution in [0.25, 0.3) is 27.2 Å². The van der Waals surface area contributed by atoms with Crippen LogP contribution in [0.4, 0.5) is 0 Å². The number of aromatic nitrogens is 2. The van der Waals surface area contributed by atoms with E-state index in [4.69, 9.17) is 4.42 Å². The molecule has 0 N–H and O–H groups in total. The Balaban J connectivity index is 2.51. The number of furan rings is 1. The molecular formula is C13H8N2O. The predicted molar refractivity (Wildman–Crippen MR) is 62.5 cm³/mol. The molecule has 0 fully saturated rings. The van der Waals surface area contributed by atoms with Crippen LogP contribution >= 0.6 is 0 Å². The fourth-order valence-corrected chi connectivity index (χ4v) is 2.30. The average molecular weight is 208 g/mol. The second-order valence-corrected chi connectivity index (χ2v) is 3.84. The lowest BCUT2D eigenvalue weighted by molar-refractivity contribution is 0.571. The number of pyridine rings is 1. The summed E-state index contributed by atoms with van der Waals surface area (Å²) in [4.78, 5) is 0. The Hall–Kier alpha value is -2.29. The SMILES string of the molecule is c1ccc2c(c1)c1cocc1n1nccc21. The Morgan fingerprint density at radius 3 is 2.69 bits per heavy atom. The van der Waals surface area contributed by atoms with Gasteiger partial charge in [-0.1, -0.05) is 24.3 Å². The zero-order chi connectivity index (χ0) is 10.5. The molecule has 0 spiro atoms. The summed E-state index contributed by atoms with van der Waals surface area (Å²) in [5.41, 5.74) is 2.13. The maximum absolute atomic E-state index is 5.29. The van der Waals surface area contributed by atoms with Gasteiger partial charge in [0.1, 0.15) is 18.0 Å². The van der Waals surface area contributed by atoms with Gasteiger partial charge in [0, 0.05) is 10.8 Å². The van der Waals surface area contributed by atoms with E-state index in [-0.39, 0.29) is 0 Å². The van der Waals surface area contributed by atoms with Gasteiger partial charge in [-0.2, -0.15) is 5.10 Å². The van der Waals surface area contributed by atoms with Crippen molar-refractivity contribution in [2.45, 2.75) is 0 Å². The molecule has 4 rings (SSSR count). The van der Waals surface area contributed by atoms with E-state index < -0.39 is 0 Å². The molecule has 0 saturated heterocycles. The number of benzene rings is 1. The maximum Gasteiger partial charge on any atom is 0.117 e. The van der Waals surface area contributed by atoms with Crippen molar-refractivity contribution >= 4 is 27.2 Å². The zero-order valence-corrected chi connectivity index (χ0v) is 8.42. The van der Waals surface area contributed by atoms with E-state index in [1.165, 1.54) is 10.8 Å². The predicted octanol–water partition coefficient (Wildman–Crippen LogP) is 3.23. The number of rotatable bonds is 0. The minimum absolute atomic E-state index is 1.01. The van der Waals surface area contributed by atoms with Gasteiger partial charge in [0.25, 0.3) is 0 Å². The fourth-order valence-electron chi connectivity index (χ4n) is 2.30. The minimum Gasteiger partial charge on any atom is -0.470 e. The molecule has 0 saturated carbocycles. The van der Waals surface area contributed by atoms with E-state index in [0.717, 1.165) is 16.4 Å². The summed E-state index contributed by atoms with van der Waals surface area (Å²) in [6.07, 6.45) is 5.33. The third-order valence-electron chi connectivity index (χ3n) is 3.01. The highest BCUT2D eigenvalue weighted by molar-refractivity contribution is 6.11. The molecule has 3 heterocycles. The van der Waals surface area contributed by atoms with E-state index in [2.05, 4.69) is 17.2 Å². The fraction of sp³-hybridized carbons (Fsp3) is 0. The van der Waals surface area contributed by atoms with Crippen molar-refractivity contribution in [3.63, 3.8) is 0 Å². The normalized spacial score (nSPS) is 11.8. The van der Waals surface area contributed by atoms with Crippen molar-refractivity contribution in [3.8, 4) is 0 Å². The Kier molecular flexibility index (Phi) is 1.31. The van der Waals surface area contributed by atoms with Gasteiger partial charge in [0.05, 0.1) is 11.7 Å². The van der Waals surface area contributed by atoms with Crippen molar-refractivity contribution in [1.29, 1.82) is 0 Å². The van der Waals surface area contributed by atoms with E-state index in [1.54, 1.807) is 12.5 Å². The van der Waals surface area contributed by atoms with Gasteiger partial charge in [-0.3, -0.25) is 0 Å². The molecule has 4 aromatic rings. The minimum atomic E-state index is 1.01. The Labute approximate surface area is 90.9 Å². The Morgan fingerprint density at radius 1 is 0.875 bits per heavy atom. The van der Waals surface area contributed by atoms with E-state index >= 15 is 0 Å². The number of nitrogens with zero attached hydrogens (tertiary/aromatic N) is 2. The first-order chi connectivity index (χ1) is 7.95. The lowest BCUT2D eigenvalue weighted by atomic mass is 10.1. The second-order valence-electron chi connectivity index (χ2n) is 3.84. The molecule has 0 aliphatic rings. The molecule has 1 aromatic carbocycles. The van der Waals surface area contributed by atoms with Crippen LogP contribution in [0.15, 0.2) is 53.5 Å². The molecule has 3 nitrogen and oxygen atoms in total. The first kappa shape index (κ1) is 7.93. The van der Waals surface area contributed by atoms with Gasteiger partial charge < -0.3 is 4.42 Å². The topological polar surface area (TPSA) is 30.4 Å². The first-order valence-corrected chi connectivity index (χ1v) is 5.15. The van der Waals surface area contributed by atoms with E-state index in [9.17, 15) is 0 Å². The van der Waals surface area contributed by atoms with Crippen molar-refractivity contribution in [2.75, 3.05) is 0 Å². The number of fused-ring (bicyclic) bond motifs is 6. The molecule has 0 aliphatic heterocycles. The number of hydrogen-bond donors (Lipinski definition) is 0. The molecular weight excluding hydrogens is 200 g/mol. The monoisotopic (exact) mass is 208 g/mol. The molecule has 0 bridgehead atoms. The standard InChI is InChI=1S/C13H8N2O/c1-2-4-10-9(3-1)11-7-16-8-13(11)15-12(10)5-6-14-15/h1-8H. The summed E-state index contributed by atoms with van der Waals surface area (Å²) in [5.74, 6) is 0. The van der Waals surface area contributed by atoms with Crippen molar-refractivity contribution in [2.24, 2.45) is 0 Å². The molecule has 0 atom stereocenters. The summed E-state index contributed by atoms with van der Waals surface area (Å²) in [6, 6.07) is 10.3. The van der Waals surface area contributed by atoms with Gasteiger partial charge in [-0.25, -0.2) is 4.52 Å². The van der Waals surface area contributed by atoms with Gasteiger partial charge in [-0.05, 0) is 11.5 Å². The lowest BCUT2D eigenvalue weighted by Crippen LogP contribution is -1.89. The molecule has 0 radical (unpaired) electrons. The third-order valence-corrected chi connectivity index (χ3v) is 3.01. The van der Waals surface area contributed by atoms with Crippen molar-refractivity contribution < 1.29 is 4.42 Å². The summed E-state index contributed by atoms with van der Waals surface area (Å²) in [5, 5.41) is 7.84. The summed E-state index contributed by atoms with van der Waals surface area (Å²) in [7, 11) is 0. The highest BCUT2D eigenvalue weighted by Crippen LogP contribution is 2.29. The van der Waals surface area contributed by atoms with E-state index in [0.29, 0.717) is 0 Å². The lowest BCUT2D eigenvalue weighted by Gasteiger charge is -2.02.